The van der Waals surface area contributed by atoms with Gasteiger partial charge >= 0.3 is 0 Å². The summed E-state index contributed by atoms with van der Waals surface area (Å²) in [5, 5.41) is 2.48. The summed E-state index contributed by atoms with van der Waals surface area (Å²) in [4.78, 5) is 14.8. The summed E-state index contributed by atoms with van der Waals surface area (Å²) < 4.78 is 36.6. The molecule has 0 saturated heterocycles. The van der Waals surface area contributed by atoms with Gasteiger partial charge in [-0.05, 0) is 24.6 Å². The summed E-state index contributed by atoms with van der Waals surface area (Å²) in [6, 6.07) is 4.69. The zero-order chi connectivity index (χ0) is 15.1. The van der Waals surface area contributed by atoms with Crippen molar-refractivity contribution in [2.75, 3.05) is 13.2 Å². The van der Waals surface area contributed by atoms with E-state index in [9.17, 15) is 13.6 Å². The molecule has 0 fully saturated rings. The van der Waals surface area contributed by atoms with Crippen LogP contribution in [0, 0.1) is 11.8 Å². The van der Waals surface area contributed by atoms with Gasteiger partial charge in [-0.1, -0.05) is 0 Å². The van der Waals surface area contributed by atoms with E-state index >= 15 is 0 Å². The Morgan fingerprint density at radius 3 is 3.00 bits per heavy atom. The monoisotopic (exact) mass is 296 g/mol. The van der Waals surface area contributed by atoms with Crippen molar-refractivity contribution < 1.29 is 22.7 Å². The molecular weight excluding hydrogens is 282 g/mol. The van der Waals surface area contributed by atoms with Gasteiger partial charge in [0.15, 0.2) is 5.82 Å². The molecule has 5 nitrogen and oxygen atoms in total. The highest BCUT2D eigenvalue weighted by Gasteiger charge is 2.15. The van der Waals surface area contributed by atoms with Crippen molar-refractivity contribution in [3.05, 3.63) is 53.7 Å². The van der Waals surface area contributed by atoms with Crippen molar-refractivity contribution in [2.45, 2.75) is 13.0 Å². The minimum Gasteiger partial charge on any atom is -0.467 e. The van der Waals surface area contributed by atoms with Crippen LogP contribution in [0.15, 0.2) is 35.1 Å². The van der Waals surface area contributed by atoms with Gasteiger partial charge < -0.3 is 14.5 Å². The van der Waals surface area contributed by atoms with Crippen LogP contribution < -0.4 is 5.32 Å². The summed E-state index contributed by atoms with van der Waals surface area (Å²) >= 11 is 0. The molecule has 1 amide bonds. The van der Waals surface area contributed by atoms with Gasteiger partial charge in [0.05, 0.1) is 11.8 Å². The Kier molecular flexibility index (Phi) is 5.39. The molecule has 2 heterocycles. The lowest BCUT2D eigenvalue weighted by atomic mass is 10.2. The largest absolute Gasteiger partial charge is 0.467 e. The number of nitrogens with one attached hydrogen (secondary N) is 1. The van der Waals surface area contributed by atoms with Gasteiger partial charge in [-0.2, -0.15) is 4.39 Å². The Morgan fingerprint density at radius 1 is 1.38 bits per heavy atom. The van der Waals surface area contributed by atoms with Gasteiger partial charge in [-0.25, -0.2) is 9.37 Å². The van der Waals surface area contributed by atoms with E-state index in [1.807, 2.05) is 0 Å². The van der Waals surface area contributed by atoms with E-state index in [4.69, 9.17) is 9.15 Å². The maximum atomic E-state index is 13.3. The third kappa shape index (κ3) is 4.35. The number of halogens is 2. The second-order valence-electron chi connectivity index (χ2n) is 4.20. The van der Waals surface area contributed by atoms with Crippen LogP contribution in [0.1, 0.15) is 22.5 Å². The summed E-state index contributed by atoms with van der Waals surface area (Å²) in [6.45, 7) is 1.06. The first-order chi connectivity index (χ1) is 10.2. The minimum absolute atomic E-state index is 0.292. The Labute approximate surface area is 119 Å². The molecule has 0 aromatic carbocycles. The number of hydrogen-bond donors (Lipinski definition) is 1. The zero-order valence-electron chi connectivity index (χ0n) is 11.1. The highest BCUT2D eigenvalue weighted by Crippen LogP contribution is 2.08. The van der Waals surface area contributed by atoms with E-state index in [-0.39, 0.29) is 5.56 Å². The van der Waals surface area contributed by atoms with Gasteiger partial charge in [-0.15, -0.1) is 0 Å². The number of furan rings is 1. The van der Waals surface area contributed by atoms with E-state index in [1.54, 1.807) is 18.4 Å². The van der Waals surface area contributed by atoms with Crippen LogP contribution in [0.3, 0.4) is 0 Å². The summed E-state index contributed by atoms with van der Waals surface area (Å²) in [6.07, 6.45) is 3.14. The van der Waals surface area contributed by atoms with Crippen molar-refractivity contribution in [3.63, 3.8) is 0 Å². The zero-order valence-corrected chi connectivity index (χ0v) is 11.1. The third-order valence-corrected chi connectivity index (χ3v) is 2.67. The molecule has 7 heteroatoms. The van der Waals surface area contributed by atoms with Gasteiger partial charge in [0.2, 0.25) is 5.95 Å². The Bertz CT molecular complexity index is 588. The number of pyridine rings is 1. The number of hydrogen-bond acceptors (Lipinski definition) is 4. The van der Waals surface area contributed by atoms with Crippen LogP contribution in [-0.2, 0) is 11.3 Å². The fourth-order valence-corrected chi connectivity index (χ4v) is 1.63. The van der Waals surface area contributed by atoms with Crippen LogP contribution in [-0.4, -0.2) is 24.0 Å². The lowest BCUT2D eigenvalue weighted by molar-refractivity contribution is 0.0912. The maximum Gasteiger partial charge on any atom is 0.254 e. The number of amides is 1. The van der Waals surface area contributed by atoms with Crippen molar-refractivity contribution >= 4 is 5.91 Å². The molecule has 0 spiro atoms. The number of aromatic nitrogens is 1. The predicted octanol–water partition coefficient (Wildman–Crippen LogP) is 2.29. The van der Waals surface area contributed by atoms with Crippen molar-refractivity contribution in [2.24, 2.45) is 0 Å². The highest BCUT2D eigenvalue weighted by atomic mass is 19.2. The smallest absolute Gasteiger partial charge is 0.254 e. The molecule has 0 atom stereocenters. The Hall–Kier alpha value is -2.28. The predicted molar refractivity (Wildman–Crippen MR) is 69.5 cm³/mol. The molecule has 0 aliphatic carbocycles. The summed E-state index contributed by atoms with van der Waals surface area (Å²) in [5.74, 6) is -2.50. The molecule has 0 radical (unpaired) electrons. The van der Waals surface area contributed by atoms with Gasteiger partial charge in [0, 0.05) is 19.3 Å². The standard InChI is InChI=1S/C14H14F2N2O3/c15-12-11(4-6-17-13(12)16)14(19)18-5-2-7-20-9-10-3-1-8-21-10/h1,3-4,6,8H,2,5,7,9H2,(H,18,19). The molecule has 0 bridgehead atoms. The fraction of sp³-hybridized carbons (Fsp3) is 0.286. The van der Waals surface area contributed by atoms with Crippen LogP contribution >= 0.6 is 0 Å². The summed E-state index contributed by atoms with van der Waals surface area (Å²) in [7, 11) is 0. The average Bonchev–Trinajstić information content (AvgIpc) is 2.98. The number of carbonyl (C=O) groups excluding carboxylic acids is 1. The quantitative estimate of drug-likeness (QED) is 0.629. The number of nitrogens with zero attached hydrogens (tertiary/aromatic N) is 1. The van der Waals surface area contributed by atoms with Crippen molar-refractivity contribution in [3.8, 4) is 0 Å². The van der Waals surface area contributed by atoms with E-state index in [0.29, 0.717) is 31.9 Å². The highest BCUT2D eigenvalue weighted by molar-refractivity contribution is 5.94. The van der Waals surface area contributed by atoms with Crippen molar-refractivity contribution in [1.29, 1.82) is 0 Å². The second-order valence-corrected chi connectivity index (χ2v) is 4.20. The molecule has 1 N–H and O–H groups in total. The van der Waals surface area contributed by atoms with Gasteiger partial charge in [-0.3, -0.25) is 4.79 Å². The molecule has 112 valence electrons. The molecular formula is C14H14F2N2O3. The van der Waals surface area contributed by atoms with E-state index in [2.05, 4.69) is 10.3 Å². The molecule has 21 heavy (non-hydrogen) atoms. The number of carbonyl (C=O) groups is 1. The van der Waals surface area contributed by atoms with Crippen LogP contribution in [0.4, 0.5) is 8.78 Å². The lowest BCUT2D eigenvalue weighted by Crippen LogP contribution is -2.26. The molecule has 0 aliphatic heterocycles. The maximum absolute atomic E-state index is 13.3. The molecule has 0 saturated carbocycles. The Morgan fingerprint density at radius 2 is 2.24 bits per heavy atom. The fourth-order valence-electron chi connectivity index (χ4n) is 1.63. The van der Waals surface area contributed by atoms with Gasteiger partial charge in [0.1, 0.15) is 12.4 Å². The average molecular weight is 296 g/mol. The SMILES string of the molecule is O=C(NCCCOCc1ccco1)c1ccnc(F)c1F. The molecule has 2 aromatic rings. The van der Waals surface area contributed by atoms with Crippen LogP contribution in [0.25, 0.3) is 0 Å². The number of ether oxygens (including phenoxy) is 1. The molecule has 2 rings (SSSR count). The van der Waals surface area contributed by atoms with Crippen LogP contribution in [0.5, 0.6) is 0 Å². The minimum atomic E-state index is -1.29. The number of rotatable bonds is 7. The van der Waals surface area contributed by atoms with E-state index in [0.717, 1.165) is 12.3 Å². The first-order valence-electron chi connectivity index (χ1n) is 6.37. The first-order valence-corrected chi connectivity index (χ1v) is 6.37. The van der Waals surface area contributed by atoms with E-state index in [1.165, 1.54) is 0 Å². The molecule has 0 unspecified atom stereocenters. The molecule has 0 aliphatic rings. The normalized spacial score (nSPS) is 10.6. The first kappa shape index (κ1) is 15.1. The lowest BCUT2D eigenvalue weighted by Gasteiger charge is -2.06. The van der Waals surface area contributed by atoms with Crippen LogP contribution in [0.2, 0.25) is 0 Å². The topological polar surface area (TPSA) is 64.4 Å². The second kappa shape index (κ2) is 7.49. The third-order valence-electron chi connectivity index (χ3n) is 2.67. The Balaban J connectivity index is 1.66. The van der Waals surface area contributed by atoms with E-state index < -0.39 is 17.7 Å². The molecule has 2 aromatic heterocycles. The summed E-state index contributed by atoms with van der Waals surface area (Å²) in [5.41, 5.74) is -0.362. The van der Waals surface area contributed by atoms with Crippen molar-refractivity contribution in [1.82, 2.24) is 10.3 Å². The van der Waals surface area contributed by atoms with Gasteiger partial charge in [0.25, 0.3) is 5.91 Å².